The van der Waals surface area contributed by atoms with E-state index < -0.39 is 0 Å². The molecule has 0 atom stereocenters. The smallest absolute Gasteiger partial charge is 0.108 e. The van der Waals surface area contributed by atoms with Crippen LogP contribution in [0.4, 0.5) is 0 Å². The van der Waals surface area contributed by atoms with Gasteiger partial charge in [0.25, 0.3) is 0 Å². The zero-order chi connectivity index (χ0) is 16.2. The summed E-state index contributed by atoms with van der Waals surface area (Å²) < 4.78 is 5.45. The van der Waals surface area contributed by atoms with Crippen LogP contribution in [-0.4, -0.2) is 36.2 Å². The van der Waals surface area contributed by atoms with Crippen LogP contribution in [-0.2, 0) is 11.3 Å². The molecule has 1 aliphatic rings. The molecular weight excluding hydrogens is 316 g/mol. The molecule has 122 valence electrons. The standard InChI is InChI=1S/C20H20N2OS/c1-3-7-16(8-4-1)19-20(17-9-5-2-6-10-17)24-18(21-19)15-22-11-13-23-14-12-22/h1-10H,11-15H2. The molecule has 1 aromatic heterocycles. The Bertz CT molecular complexity index is 723. The molecule has 0 amide bonds. The van der Waals surface area contributed by atoms with Gasteiger partial charge < -0.3 is 4.74 Å². The van der Waals surface area contributed by atoms with Crippen molar-refractivity contribution in [2.45, 2.75) is 6.54 Å². The second-order valence-corrected chi connectivity index (χ2v) is 6.99. The Hall–Kier alpha value is -2.01. The fourth-order valence-corrected chi connectivity index (χ4v) is 4.09. The first-order valence-corrected chi connectivity index (χ1v) is 9.12. The normalized spacial score (nSPS) is 15.5. The van der Waals surface area contributed by atoms with Crippen LogP contribution in [0.5, 0.6) is 0 Å². The van der Waals surface area contributed by atoms with E-state index in [1.807, 2.05) is 17.4 Å². The van der Waals surface area contributed by atoms with Gasteiger partial charge in [-0.3, -0.25) is 4.90 Å². The summed E-state index contributed by atoms with van der Waals surface area (Å²) >= 11 is 1.81. The van der Waals surface area contributed by atoms with Gasteiger partial charge in [0.05, 0.1) is 30.3 Å². The molecule has 2 aromatic carbocycles. The van der Waals surface area contributed by atoms with Crippen LogP contribution in [0.3, 0.4) is 0 Å². The van der Waals surface area contributed by atoms with Gasteiger partial charge in [0, 0.05) is 18.7 Å². The highest BCUT2D eigenvalue weighted by Crippen LogP contribution is 2.37. The number of aromatic nitrogens is 1. The van der Waals surface area contributed by atoms with Crippen molar-refractivity contribution in [1.82, 2.24) is 9.88 Å². The monoisotopic (exact) mass is 336 g/mol. The van der Waals surface area contributed by atoms with Crippen LogP contribution >= 0.6 is 11.3 Å². The zero-order valence-corrected chi connectivity index (χ0v) is 14.3. The molecule has 1 fully saturated rings. The van der Waals surface area contributed by atoms with Crippen LogP contribution < -0.4 is 0 Å². The summed E-state index contributed by atoms with van der Waals surface area (Å²) in [4.78, 5) is 8.66. The molecule has 4 heteroatoms. The molecular formula is C20H20N2OS. The maximum absolute atomic E-state index is 5.45. The highest BCUT2D eigenvalue weighted by molar-refractivity contribution is 7.15. The summed E-state index contributed by atoms with van der Waals surface area (Å²) in [5.74, 6) is 0. The van der Waals surface area contributed by atoms with Gasteiger partial charge in [-0.2, -0.15) is 0 Å². The third-order valence-corrected chi connectivity index (χ3v) is 5.31. The van der Waals surface area contributed by atoms with Crippen molar-refractivity contribution in [1.29, 1.82) is 0 Å². The molecule has 0 unspecified atom stereocenters. The highest BCUT2D eigenvalue weighted by atomic mass is 32.1. The van der Waals surface area contributed by atoms with Gasteiger partial charge in [0.15, 0.2) is 0 Å². The van der Waals surface area contributed by atoms with Crippen LogP contribution in [0.25, 0.3) is 21.7 Å². The molecule has 0 radical (unpaired) electrons. The minimum Gasteiger partial charge on any atom is -0.379 e. The van der Waals surface area contributed by atoms with Gasteiger partial charge in [-0.25, -0.2) is 4.98 Å². The fraction of sp³-hybridized carbons (Fsp3) is 0.250. The lowest BCUT2D eigenvalue weighted by Crippen LogP contribution is -2.35. The number of hydrogen-bond donors (Lipinski definition) is 0. The predicted molar refractivity (Wildman–Crippen MR) is 99.1 cm³/mol. The first kappa shape index (κ1) is 15.5. The van der Waals surface area contributed by atoms with Crippen LogP contribution in [0.2, 0.25) is 0 Å². The number of thiazole rings is 1. The maximum Gasteiger partial charge on any atom is 0.108 e. The quantitative estimate of drug-likeness (QED) is 0.710. The van der Waals surface area contributed by atoms with Crippen molar-refractivity contribution >= 4 is 11.3 Å². The van der Waals surface area contributed by atoms with Crippen molar-refractivity contribution in [3.63, 3.8) is 0 Å². The minimum atomic E-state index is 0.822. The summed E-state index contributed by atoms with van der Waals surface area (Å²) in [5.41, 5.74) is 3.51. The molecule has 0 spiro atoms. The minimum absolute atomic E-state index is 0.822. The summed E-state index contributed by atoms with van der Waals surface area (Å²) in [6.45, 7) is 4.52. The maximum atomic E-state index is 5.45. The van der Waals surface area contributed by atoms with Crippen LogP contribution in [0.15, 0.2) is 60.7 Å². The number of benzene rings is 2. The van der Waals surface area contributed by atoms with E-state index in [9.17, 15) is 0 Å². The summed E-state index contributed by atoms with van der Waals surface area (Å²) in [5, 5.41) is 1.18. The lowest BCUT2D eigenvalue weighted by atomic mass is 10.1. The second kappa shape index (κ2) is 7.26. The summed E-state index contributed by atoms with van der Waals surface area (Å²) in [7, 11) is 0. The molecule has 0 N–H and O–H groups in total. The molecule has 2 heterocycles. The average Bonchev–Trinajstić information content (AvgIpc) is 3.08. The number of morpholine rings is 1. The third kappa shape index (κ3) is 3.41. The van der Waals surface area contributed by atoms with Gasteiger partial charge in [0.2, 0.25) is 0 Å². The van der Waals surface area contributed by atoms with E-state index in [2.05, 4.69) is 59.5 Å². The number of hydrogen-bond acceptors (Lipinski definition) is 4. The fourth-order valence-electron chi connectivity index (χ4n) is 2.96. The second-order valence-electron chi connectivity index (χ2n) is 5.91. The Kier molecular flexibility index (Phi) is 4.69. The molecule has 1 saturated heterocycles. The summed E-state index contributed by atoms with van der Waals surface area (Å²) in [6.07, 6.45) is 0. The zero-order valence-electron chi connectivity index (χ0n) is 13.5. The Morgan fingerprint density at radius 1 is 0.875 bits per heavy atom. The number of nitrogens with zero attached hydrogens (tertiary/aromatic N) is 2. The van der Waals surface area contributed by atoms with Gasteiger partial charge in [-0.15, -0.1) is 11.3 Å². The number of ether oxygens (including phenoxy) is 1. The third-order valence-electron chi connectivity index (χ3n) is 4.22. The largest absolute Gasteiger partial charge is 0.379 e. The lowest BCUT2D eigenvalue weighted by Gasteiger charge is -2.25. The topological polar surface area (TPSA) is 25.4 Å². The van der Waals surface area contributed by atoms with Crippen molar-refractivity contribution in [2.24, 2.45) is 0 Å². The Labute approximate surface area is 146 Å². The van der Waals surface area contributed by atoms with Crippen LogP contribution in [0, 0.1) is 0 Å². The van der Waals surface area contributed by atoms with Crippen LogP contribution in [0.1, 0.15) is 5.01 Å². The molecule has 0 aliphatic carbocycles. The van der Waals surface area contributed by atoms with E-state index >= 15 is 0 Å². The highest BCUT2D eigenvalue weighted by Gasteiger charge is 2.18. The molecule has 0 bridgehead atoms. The lowest BCUT2D eigenvalue weighted by molar-refractivity contribution is 0.0342. The van der Waals surface area contributed by atoms with Crippen molar-refractivity contribution < 1.29 is 4.74 Å². The number of rotatable bonds is 4. The van der Waals surface area contributed by atoms with Crippen molar-refractivity contribution in [3.05, 3.63) is 65.7 Å². The summed E-state index contributed by atoms with van der Waals surface area (Å²) in [6, 6.07) is 21.0. The van der Waals surface area contributed by atoms with E-state index in [4.69, 9.17) is 9.72 Å². The van der Waals surface area contributed by atoms with Gasteiger partial charge in [-0.05, 0) is 5.56 Å². The Morgan fingerprint density at radius 3 is 2.17 bits per heavy atom. The molecule has 4 rings (SSSR count). The average molecular weight is 336 g/mol. The Balaban J connectivity index is 1.70. The van der Waals surface area contributed by atoms with E-state index in [-0.39, 0.29) is 0 Å². The Morgan fingerprint density at radius 2 is 1.50 bits per heavy atom. The van der Waals surface area contributed by atoms with E-state index in [1.165, 1.54) is 21.0 Å². The predicted octanol–water partition coefficient (Wildman–Crippen LogP) is 4.31. The van der Waals surface area contributed by atoms with Crippen molar-refractivity contribution in [3.8, 4) is 21.7 Å². The SMILES string of the molecule is c1ccc(-c2nc(CN3CCOCC3)sc2-c2ccccc2)cc1. The van der Waals surface area contributed by atoms with Gasteiger partial charge >= 0.3 is 0 Å². The van der Waals surface area contributed by atoms with Crippen molar-refractivity contribution in [2.75, 3.05) is 26.3 Å². The van der Waals surface area contributed by atoms with E-state index in [1.54, 1.807) is 0 Å². The molecule has 3 nitrogen and oxygen atoms in total. The van der Waals surface area contributed by atoms with E-state index in [0.29, 0.717) is 0 Å². The first-order chi connectivity index (χ1) is 11.9. The molecule has 0 saturated carbocycles. The van der Waals surface area contributed by atoms with Gasteiger partial charge in [0.1, 0.15) is 5.01 Å². The van der Waals surface area contributed by atoms with E-state index in [0.717, 1.165) is 38.5 Å². The van der Waals surface area contributed by atoms with Gasteiger partial charge in [-0.1, -0.05) is 60.7 Å². The molecule has 24 heavy (non-hydrogen) atoms. The molecule has 3 aromatic rings. The molecule has 1 aliphatic heterocycles. The first-order valence-electron chi connectivity index (χ1n) is 8.31.